The number of alkyl halides is 1. The van der Waals surface area contributed by atoms with Crippen LogP contribution in [0.1, 0.15) is 136 Å². The van der Waals surface area contributed by atoms with Gasteiger partial charge >= 0.3 is 0 Å². The minimum atomic E-state index is 0. The third kappa shape index (κ3) is 37.3. The van der Waals surface area contributed by atoms with Crippen LogP contribution in [0.2, 0.25) is 0 Å². The van der Waals surface area contributed by atoms with Gasteiger partial charge in [0.2, 0.25) is 0 Å². The maximum absolute atomic E-state index is 5.38. The van der Waals surface area contributed by atoms with E-state index in [1.807, 2.05) is 0 Å². The molecule has 0 spiro atoms. The van der Waals surface area contributed by atoms with Gasteiger partial charge in [0.15, 0.2) is 0 Å². The summed E-state index contributed by atoms with van der Waals surface area (Å²) in [6, 6.07) is 0. The maximum Gasteiger partial charge on any atom is 0.0223 e. The first-order valence-electron chi connectivity index (χ1n) is 12.4. The van der Waals surface area contributed by atoms with Gasteiger partial charge in [0.05, 0.1) is 0 Å². The molecule has 0 aliphatic carbocycles. The van der Waals surface area contributed by atoms with Crippen LogP contribution in [0.15, 0.2) is 0 Å². The van der Waals surface area contributed by atoms with Gasteiger partial charge in [-0.1, -0.05) is 123 Å². The zero-order valence-electron chi connectivity index (χ0n) is 20.1. The first kappa shape index (κ1) is 33.2. The number of unbranched alkanes of at least 4 members (excludes halogenated alkanes) is 17. The summed E-state index contributed by atoms with van der Waals surface area (Å²) in [6.07, 6.45) is 27.0. The summed E-state index contributed by atoms with van der Waals surface area (Å²) in [5.74, 6) is 0.827. The van der Waals surface area contributed by atoms with E-state index >= 15 is 0 Å². The molecular formula is C25H55Cl2N. The fourth-order valence-electron chi connectivity index (χ4n) is 3.32. The van der Waals surface area contributed by atoms with Crippen molar-refractivity contribution in [2.24, 2.45) is 0 Å². The van der Waals surface area contributed by atoms with E-state index in [9.17, 15) is 0 Å². The molecule has 0 amide bonds. The Morgan fingerprint density at radius 3 is 1.00 bits per heavy atom. The topological polar surface area (TPSA) is 3.24 Å². The van der Waals surface area contributed by atoms with Crippen molar-refractivity contribution in [2.75, 3.05) is 26.5 Å². The highest BCUT2D eigenvalue weighted by Gasteiger charge is 1.95. The lowest BCUT2D eigenvalue weighted by molar-refractivity contribution is 0.389. The van der Waals surface area contributed by atoms with Gasteiger partial charge in [-0.05, 0) is 33.5 Å². The molecule has 1 nitrogen and oxygen atoms in total. The second-order valence-corrected chi connectivity index (χ2v) is 8.88. The van der Waals surface area contributed by atoms with Gasteiger partial charge in [-0.25, -0.2) is 0 Å². The highest BCUT2D eigenvalue weighted by molar-refractivity contribution is 6.17. The lowest BCUT2D eigenvalue weighted by Crippen LogP contribution is -2.12. The summed E-state index contributed by atoms with van der Waals surface area (Å²) in [4.78, 5) is 2.30. The van der Waals surface area contributed by atoms with E-state index in [0.717, 1.165) is 5.88 Å². The Bertz CT molecular complexity index is 231. The highest BCUT2D eigenvalue weighted by Crippen LogP contribution is 2.13. The fraction of sp³-hybridized carbons (Fsp3) is 1.00. The SMILES string of the molecule is CCCCCCCCCCCCCCCCCCN(C)C.CCCCCCl.Cl. The van der Waals surface area contributed by atoms with Crippen molar-refractivity contribution in [1.82, 2.24) is 4.90 Å². The Labute approximate surface area is 191 Å². The number of rotatable bonds is 20. The molecule has 0 aromatic heterocycles. The second-order valence-electron chi connectivity index (χ2n) is 8.50. The Morgan fingerprint density at radius 1 is 0.464 bits per heavy atom. The smallest absolute Gasteiger partial charge is 0.0223 e. The van der Waals surface area contributed by atoms with Crippen LogP contribution < -0.4 is 0 Å². The Balaban J connectivity index is -0.000000771. The number of hydrogen-bond acceptors (Lipinski definition) is 1. The van der Waals surface area contributed by atoms with Crippen LogP contribution in [0.5, 0.6) is 0 Å². The van der Waals surface area contributed by atoms with E-state index in [1.165, 1.54) is 129 Å². The summed E-state index contributed by atoms with van der Waals surface area (Å²) in [5, 5.41) is 0. The predicted molar refractivity (Wildman–Crippen MR) is 136 cm³/mol. The molecule has 0 aromatic rings. The second kappa shape index (κ2) is 32.2. The molecule has 0 bridgehead atoms. The first-order chi connectivity index (χ1) is 13.2. The van der Waals surface area contributed by atoms with Crippen LogP contribution in [0.3, 0.4) is 0 Å². The van der Waals surface area contributed by atoms with Gasteiger partial charge in [0.25, 0.3) is 0 Å². The molecular weight excluding hydrogens is 385 g/mol. The molecule has 0 fully saturated rings. The fourth-order valence-corrected chi connectivity index (χ4v) is 3.51. The molecule has 0 radical (unpaired) electrons. The minimum absolute atomic E-state index is 0. The van der Waals surface area contributed by atoms with Crippen molar-refractivity contribution >= 4 is 24.0 Å². The molecule has 0 unspecified atom stereocenters. The molecule has 3 heteroatoms. The van der Waals surface area contributed by atoms with Gasteiger partial charge in [0, 0.05) is 5.88 Å². The maximum atomic E-state index is 5.38. The van der Waals surface area contributed by atoms with Crippen molar-refractivity contribution in [3.8, 4) is 0 Å². The van der Waals surface area contributed by atoms with Crippen molar-refractivity contribution < 1.29 is 0 Å². The average Bonchev–Trinajstić information content (AvgIpc) is 2.66. The van der Waals surface area contributed by atoms with Gasteiger partial charge < -0.3 is 4.90 Å². The molecule has 0 aliphatic rings. The van der Waals surface area contributed by atoms with Crippen molar-refractivity contribution in [3.63, 3.8) is 0 Å². The van der Waals surface area contributed by atoms with E-state index < -0.39 is 0 Å². The van der Waals surface area contributed by atoms with Crippen LogP contribution in [0.25, 0.3) is 0 Å². The number of hydrogen-bond donors (Lipinski definition) is 0. The van der Waals surface area contributed by atoms with Crippen molar-refractivity contribution in [1.29, 1.82) is 0 Å². The molecule has 0 saturated heterocycles. The van der Waals surface area contributed by atoms with E-state index in [2.05, 4.69) is 32.8 Å². The summed E-state index contributed by atoms with van der Waals surface area (Å²) >= 11 is 5.38. The quantitative estimate of drug-likeness (QED) is 0.134. The van der Waals surface area contributed by atoms with Crippen LogP contribution in [0, 0.1) is 0 Å². The zero-order valence-corrected chi connectivity index (χ0v) is 21.7. The van der Waals surface area contributed by atoms with E-state index in [1.54, 1.807) is 0 Å². The van der Waals surface area contributed by atoms with Crippen LogP contribution >= 0.6 is 24.0 Å². The Morgan fingerprint density at radius 2 is 0.750 bits per heavy atom. The third-order valence-corrected chi connectivity index (χ3v) is 5.46. The van der Waals surface area contributed by atoms with Crippen LogP contribution in [-0.4, -0.2) is 31.4 Å². The molecule has 0 rings (SSSR count). The monoisotopic (exact) mass is 439 g/mol. The molecule has 0 heterocycles. The first-order valence-corrected chi connectivity index (χ1v) is 12.9. The molecule has 0 aromatic carbocycles. The molecule has 174 valence electrons. The highest BCUT2D eigenvalue weighted by atomic mass is 35.5. The van der Waals surface area contributed by atoms with Gasteiger partial charge in [-0.15, -0.1) is 24.0 Å². The van der Waals surface area contributed by atoms with Crippen molar-refractivity contribution in [2.45, 2.75) is 136 Å². The van der Waals surface area contributed by atoms with Gasteiger partial charge in [-0.2, -0.15) is 0 Å². The molecule has 0 aliphatic heterocycles. The number of nitrogens with zero attached hydrogens (tertiary/aromatic N) is 1. The van der Waals surface area contributed by atoms with Crippen LogP contribution in [-0.2, 0) is 0 Å². The average molecular weight is 441 g/mol. The summed E-state index contributed by atoms with van der Waals surface area (Å²) in [5.41, 5.74) is 0. The largest absolute Gasteiger partial charge is 0.309 e. The minimum Gasteiger partial charge on any atom is -0.309 e. The lowest BCUT2D eigenvalue weighted by Gasteiger charge is -2.08. The van der Waals surface area contributed by atoms with E-state index in [4.69, 9.17) is 11.6 Å². The molecule has 0 N–H and O–H groups in total. The molecule has 28 heavy (non-hydrogen) atoms. The Kier molecular flexibility index (Phi) is 38.2. The number of halogens is 2. The molecule has 0 saturated carbocycles. The normalized spacial score (nSPS) is 10.5. The lowest BCUT2D eigenvalue weighted by atomic mass is 10.0. The predicted octanol–water partition coefficient (Wildman–Crippen LogP) is 9.65. The summed E-state index contributed by atoms with van der Waals surface area (Å²) < 4.78 is 0. The summed E-state index contributed by atoms with van der Waals surface area (Å²) in [6.45, 7) is 5.73. The van der Waals surface area contributed by atoms with E-state index in [-0.39, 0.29) is 12.4 Å². The third-order valence-electron chi connectivity index (χ3n) is 5.20. The molecule has 0 atom stereocenters. The van der Waals surface area contributed by atoms with Crippen LogP contribution in [0.4, 0.5) is 0 Å². The van der Waals surface area contributed by atoms with Crippen molar-refractivity contribution in [3.05, 3.63) is 0 Å². The van der Waals surface area contributed by atoms with E-state index in [0.29, 0.717) is 0 Å². The standard InChI is InChI=1S/C20H43N.C5H11Cl.ClH/c1-4-5-6-7-8-9-10-11-12-13-14-15-16-17-18-19-20-21(2)3;1-2-3-4-5-6;/h4-20H2,1-3H3;2-5H2,1H3;1H. The van der Waals surface area contributed by atoms with Gasteiger partial charge in [0.1, 0.15) is 0 Å². The Hall–Kier alpha value is 0.540. The zero-order chi connectivity index (χ0) is 20.4. The summed E-state index contributed by atoms with van der Waals surface area (Å²) in [7, 11) is 4.34. The van der Waals surface area contributed by atoms with Gasteiger partial charge in [-0.3, -0.25) is 0 Å².